The Labute approximate surface area is 125 Å². The zero-order valence-electron chi connectivity index (χ0n) is 12.5. The van der Waals surface area contributed by atoms with E-state index in [1.807, 2.05) is 12.5 Å². The SMILES string of the molecule is Cc1ccc(CC2(CCn3ccnc3)OCCCO2)cc1. The highest BCUT2D eigenvalue weighted by molar-refractivity contribution is 5.22. The first-order valence-electron chi connectivity index (χ1n) is 7.55. The highest BCUT2D eigenvalue weighted by Crippen LogP contribution is 2.28. The molecule has 1 aliphatic heterocycles. The molecule has 2 aromatic rings. The Hall–Kier alpha value is -1.65. The first-order valence-corrected chi connectivity index (χ1v) is 7.55. The first-order chi connectivity index (χ1) is 10.3. The van der Waals surface area contributed by atoms with Gasteiger partial charge in [-0.25, -0.2) is 4.98 Å². The van der Waals surface area contributed by atoms with Gasteiger partial charge in [0.1, 0.15) is 0 Å². The van der Waals surface area contributed by atoms with Gasteiger partial charge >= 0.3 is 0 Å². The van der Waals surface area contributed by atoms with Crippen molar-refractivity contribution >= 4 is 0 Å². The van der Waals surface area contributed by atoms with E-state index in [9.17, 15) is 0 Å². The molecular formula is C17H22N2O2. The van der Waals surface area contributed by atoms with Crippen LogP contribution in [0, 0.1) is 6.92 Å². The van der Waals surface area contributed by atoms with Gasteiger partial charge in [0.25, 0.3) is 0 Å². The molecule has 0 N–H and O–H groups in total. The summed E-state index contributed by atoms with van der Waals surface area (Å²) in [6, 6.07) is 8.61. The predicted molar refractivity (Wildman–Crippen MR) is 81.0 cm³/mol. The fourth-order valence-corrected chi connectivity index (χ4v) is 2.69. The number of benzene rings is 1. The molecule has 4 heteroatoms. The summed E-state index contributed by atoms with van der Waals surface area (Å²) in [4.78, 5) is 4.08. The number of aryl methyl sites for hydroxylation is 2. The molecule has 1 saturated heterocycles. The van der Waals surface area contributed by atoms with E-state index in [1.54, 1.807) is 6.20 Å². The van der Waals surface area contributed by atoms with Crippen molar-refractivity contribution in [3.8, 4) is 0 Å². The molecule has 0 atom stereocenters. The fourth-order valence-electron chi connectivity index (χ4n) is 2.69. The average molecular weight is 286 g/mol. The van der Waals surface area contributed by atoms with Crippen molar-refractivity contribution in [2.45, 2.75) is 38.5 Å². The Balaban J connectivity index is 1.71. The quantitative estimate of drug-likeness (QED) is 0.848. The monoisotopic (exact) mass is 286 g/mol. The van der Waals surface area contributed by atoms with E-state index in [0.717, 1.165) is 39.0 Å². The molecule has 1 fully saturated rings. The molecule has 0 saturated carbocycles. The van der Waals surface area contributed by atoms with Gasteiger partial charge in [-0.3, -0.25) is 0 Å². The summed E-state index contributed by atoms with van der Waals surface area (Å²) in [5.74, 6) is -0.502. The molecule has 1 aromatic heterocycles. The molecule has 0 amide bonds. The third-order valence-electron chi connectivity index (χ3n) is 3.92. The number of rotatable bonds is 5. The zero-order valence-corrected chi connectivity index (χ0v) is 12.5. The maximum Gasteiger partial charge on any atom is 0.173 e. The largest absolute Gasteiger partial charge is 0.349 e. The van der Waals surface area contributed by atoms with Gasteiger partial charge in [0.15, 0.2) is 5.79 Å². The van der Waals surface area contributed by atoms with Crippen LogP contribution in [0.3, 0.4) is 0 Å². The second-order valence-electron chi connectivity index (χ2n) is 5.67. The van der Waals surface area contributed by atoms with Gasteiger partial charge in [0.2, 0.25) is 0 Å². The fraction of sp³-hybridized carbons (Fsp3) is 0.471. The van der Waals surface area contributed by atoms with E-state index in [4.69, 9.17) is 9.47 Å². The van der Waals surface area contributed by atoms with Crippen molar-refractivity contribution in [3.05, 3.63) is 54.1 Å². The summed E-state index contributed by atoms with van der Waals surface area (Å²) in [6.07, 6.45) is 8.21. The van der Waals surface area contributed by atoms with E-state index in [2.05, 4.69) is 40.7 Å². The second-order valence-corrected chi connectivity index (χ2v) is 5.67. The van der Waals surface area contributed by atoms with Gasteiger partial charge in [-0.05, 0) is 18.9 Å². The standard InChI is InChI=1S/C17H22N2O2/c1-15-3-5-16(6-4-15)13-17(20-11-2-12-21-17)7-9-19-10-8-18-14-19/h3-6,8,10,14H,2,7,9,11-13H2,1H3. The van der Waals surface area contributed by atoms with Crippen molar-refractivity contribution in [1.29, 1.82) is 0 Å². The number of hydrogen-bond acceptors (Lipinski definition) is 3. The molecule has 0 unspecified atom stereocenters. The Morgan fingerprint density at radius 2 is 1.95 bits per heavy atom. The third-order valence-corrected chi connectivity index (χ3v) is 3.92. The maximum atomic E-state index is 6.04. The molecule has 1 aliphatic rings. The minimum Gasteiger partial charge on any atom is -0.349 e. The third kappa shape index (κ3) is 3.71. The number of hydrogen-bond donors (Lipinski definition) is 0. The molecule has 2 heterocycles. The van der Waals surface area contributed by atoms with Crippen LogP contribution in [-0.4, -0.2) is 28.6 Å². The molecule has 0 spiro atoms. The van der Waals surface area contributed by atoms with Crippen molar-refractivity contribution in [1.82, 2.24) is 9.55 Å². The van der Waals surface area contributed by atoms with E-state index < -0.39 is 5.79 Å². The van der Waals surface area contributed by atoms with E-state index in [0.29, 0.717) is 0 Å². The molecule has 0 radical (unpaired) electrons. The van der Waals surface area contributed by atoms with E-state index in [1.165, 1.54) is 11.1 Å². The summed E-state index contributed by atoms with van der Waals surface area (Å²) in [6.45, 7) is 4.50. The van der Waals surface area contributed by atoms with Crippen molar-refractivity contribution < 1.29 is 9.47 Å². The molecule has 1 aromatic carbocycles. The molecule has 21 heavy (non-hydrogen) atoms. The highest BCUT2D eigenvalue weighted by Gasteiger charge is 2.34. The zero-order chi connectivity index (χ0) is 14.5. The Morgan fingerprint density at radius 3 is 2.62 bits per heavy atom. The van der Waals surface area contributed by atoms with Gasteiger partial charge in [-0.2, -0.15) is 0 Å². The van der Waals surface area contributed by atoms with Crippen LogP contribution in [0.15, 0.2) is 43.0 Å². The molecule has 112 valence electrons. The number of nitrogens with zero attached hydrogens (tertiary/aromatic N) is 2. The van der Waals surface area contributed by atoms with Gasteiger partial charge in [-0.15, -0.1) is 0 Å². The lowest BCUT2D eigenvalue weighted by Crippen LogP contribution is -2.43. The molecule has 3 rings (SSSR count). The normalized spacial score (nSPS) is 17.8. The second kappa shape index (κ2) is 6.41. The molecular weight excluding hydrogens is 264 g/mol. The van der Waals surface area contributed by atoms with E-state index in [-0.39, 0.29) is 0 Å². The van der Waals surface area contributed by atoms with Crippen LogP contribution in [0.25, 0.3) is 0 Å². The summed E-state index contributed by atoms with van der Waals surface area (Å²) >= 11 is 0. The lowest BCUT2D eigenvalue weighted by atomic mass is 10.00. The summed E-state index contributed by atoms with van der Waals surface area (Å²) in [5, 5.41) is 0. The van der Waals surface area contributed by atoms with Gasteiger partial charge < -0.3 is 14.0 Å². The lowest BCUT2D eigenvalue weighted by Gasteiger charge is -2.37. The van der Waals surface area contributed by atoms with Gasteiger partial charge in [0.05, 0.1) is 19.5 Å². The number of ether oxygens (including phenoxy) is 2. The van der Waals surface area contributed by atoms with Crippen LogP contribution in [-0.2, 0) is 22.4 Å². The summed E-state index contributed by atoms with van der Waals surface area (Å²) in [7, 11) is 0. The van der Waals surface area contributed by atoms with Gasteiger partial charge in [-0.1, -0.05) is 29.8 Å². The Morgan fingerprint density at radius 1 is 1.19 bits per heavy atom. The minimum absolute atomic E-state index is 0.502. The molecule has 0 aliphatic carbocycles. The summed E-state index contributed by atoms with van der Waals surface area (Å²) in [5.41, 5.74) is 2.53. The molecule has 4 nitrogen and oxygen atoms in total. The van der Waals surface area contributed by atoms with Crippen LogP contribution in [0.4, 0.5) is 0 Å². The predicted octanol–water partition coefficient (Wildman–Crippen LogP) is 2.96. The maximum absolute atomic E-state index is 6.04. The highest BCUT2D eigenvalue weighted by atomic mass is 16.7. The van der Waals surface area contributed by atoms with Crippen molar-refractivity contribution in [2.75, 3.05) is 13.2 Å². The Bertz CT molecular complexity index is 543. The Kier molecular flexibility index (Phi) is 4.36. The topological polar surface area (TPSA) is 36.3 Å². The van der Waals surface area contributed by atoms with Crippen LogP contribution >= 0.6 is 0 Å². The van der Waals surface area contributed by atoms with Crippen LogP contribution < -0.4 is 0 Å². The van der Waals surface area contributed by atoms with Crippen molar-refractivity contribution in [2.24, 2.45) is 0 Å². The number of imidazole rings is 1. The van der Waals surface area contributed by atoms with Crippen LogP contribution in [0.5, 0.6) is 0 Å². The van der Waals surface area contributed by atoms with Crippen LogP contribution in [0.1, 0.15) is 24.0 Å². The molecule has 0 bridgehead atoms. The lowest BCUT2D eigenvalue weighted by molar-refractivity contribution is -0.270. The smallest absolute Gasteiger partial charge is 0.173 e. The van der Waals surface area contributed by atoms with E-state index >= 15 is 0 Å². The number of aromatic nitrogens is 2. The van der Waals surface area contributed by atoms with Crippen molar-refractivity contribution in [3.63, 3.8) is 0 Å². The minimum atomic E-state index is -0.502. The first kappa shape index (κ1) is 14.3. The van der Waals surface area contributed by atoms with Gasteiger partial charge in [0, 0.05) is 31.8 Å². The average Bonchev–Trinajstić information content (AvgIpc) is 3.02. The van der Waals surface area contributed by atoms with Crippen LogP contribution in [0.2, 0.25) is 0 Å². The summed E-state index contributed by atoms with van der Waals surface area (Å²) < 4.78 is 14.2.